The molecule has 0 bridgehead atoms. The molecule has 1 aromatic rings. The third-order valence-electron chi connectivity index (χ3n) is 3.11. The Balaban J connectivity index is 2.53. The fourth-order valence-electron chi connectivity index (χ4n) is 2.04. The summed E-state index contributed by atoms with van der Waals surface area (Å²) < 4.78 is 0. The van der Waals surface area contributed by atoms with Crippen molar-refractivity contribution in [2.24, 2.45) is 17.8 Å². The third kappa shape index (κ3) is 4.17. The minimum atomic E-state index is -0.0862. The number of carbonyl (C=O) groups excluding carboxylic acids is 1. The van der Waals surface area contributed by atoms with E-state index in [1.807, 2.05) is 12.1 Å². The van der Waals surface area contributed by atoms with Gasteiger partial charge in [0.05, 0.1) is 0 Å². The number of nitrogens with zero attached hydrogens (tertiary/aromatic N) is 1. The van der Waals surface area contributed by atoms with Gasteiger partial charge >= 0.3 is 0 Å². The lowest BCUT2D eigenvalue weighted by atomic mass is 9.85. The molecule has 0 aromatic carbocycles. The monoisotopic (exact) mass is 234 g/mol. The standard InChI is InChI=1S/C14H22N2O/c1-10(2)12(11(3)4)9-16-14(17)13-7-5-6-8-15-13/h5-8,10-12H,9H2,1-4H3,(H,16,17). The first-order valence-electron chi connectivity index (χ1n) is 6.21. The van der Waals surface area contributed by atoms with E-state index >= 15 is 0 Å². The van der Waals surface area contributed by atoms with E-state index in [-0.39, 0.29) is 5.91 Å². The zero-order valence-corrected chi connectivity index (χ0v) is 11.1. The number of aromatic nitrogens is 1. The molecule has 3 nitrogen and oxygen atoms in total. The SMILES string of the molecule is CC(C)C(CNC(=O)c1ccccn1)C(C)C. The second-order valence-electron chi connectivity index (χ2n) is 5.08. The van der Waals surface area contributed by atoms with Gasteiger partial charge in [0, 0.05) is 12.7 Å². The van der Waals surface area contributed by atoms with Crippen molar-refractivity contribution in [1.82, 2.24) is 10.3 Å². The molecule has 0 saturated carbocycles. The lowest BCUT2D eigenvalue weighted by Crippen LogP contribution is -2.34. The summed E-state index contributed by atoms with van der Waals surface area (Å²) in [6, 6.07) is 5.36. The van der Waals surface area contributed by atoms with E-state index in [1.54, 1.807) is 12.3 Å². The summed E-state index contributed by atoms with van der Waals surface area (Å²) in [6.45, 7) is 9.48. The predicted molar refractivity (Wildman–Crippen MR) is 69.7 cm³/mol. The van der Waals surface area contributed by atoms with Crippen molar-refractivity contribution in [3.05, 3.63) is 30.1 Å². The van der Waals surface area contributed by atoms with Gasteiger partial charge < -0.3 is 5.32 Å². The average molecular weight is 234 g/mol. The molecule has 1 N–H and O–H groups in total. The van der Waals surface area contributed by atoms with Crippen molar-refractivity contribution < 1.29 is 4.79 Å². The van der Waals surface area contributed by atoms with Gasteiger partial charge in [0.2, 0.25) is 0 Å². The van der Waals surface area contributed by atoms with E-state index < -0.39 is 0 Å². The van der Waals surface area contributed by atoms with Crippen LogP contribution in [0, 0.1) is 17.8 Å². The molecule has 0 saturated heterocycles. The van der Waals surface area contributed by atoms with Crippen molar-refractivity contribution in [2.75, 3.05) is 6.54 Å². The maximum atomic E-state index is 11.8. The van der Waals surface area contributed by atoms with Crippen LogP contribution in [0.5, 0.6) is 0 Å². The molecule has 0 fully saturated rings. The zero-order chi connectivity index (χ0) is 12.8. The first kappa shape index (κ1) is 13.7. The molecule has 1 amide bonds. The summed E-state index contributed by atoms with van der Waals surface area (Å²) in [4.78, 5) is 15.9. The lowest BCUT2D eigenvalue weighted by Gasteiger charge is -2.24. The Morgan fingerprint density at radius 2 is 1.88 bits per heavy atom. The number of hydrogen-bond acceptors (Lipinski definition) is 2. The van der Waals surface area contributed by atoms with Crippen LogP contribution in [0.1, 0.15) is 38.2 Å². The highest BCUT2D eigenvalue weighted by atomic mass is 16.1. The van der Waals surface area contributed by atoms with Crippen LogP contribution in [0.25, 0.3) is 0 Å². The minimum absolute atomic E-state index is 0.0862. The van der Waals surface area contributed by atoms with Gasteiger partial charge in [-0.25, -0.2) is 0 Å². The molecular weight excluding hydrogens is 212 g/mol. The summed E-state index contributed by atoms with van der Waals surface area (Å²) in [7, 11) is 0. The number of rotatable bonds is 5. The number of nitrogens with one attached hydrogen (secondary N) is 1. The van der Waals surface area contributed by atoms with Crippen LogP contribution in [0.2, 0.25) is 0 Å². The van der Waals surface area contributed by atoms with Crippen molar-refractivity contribution >= 4 is 5.91 Å². The molecule has 0 aliphatic carbocycles. The smallest absolute Gasteiger partial charge is 0.269 e. The highest BCUT2D eigenvalue weighted by Crippen LogP contribution is 2.19. The average Bonchev–Trinajstić information content (AvgIpc) is 2.29. The molecule has 0 spiro atoms. The molecule has 0 aliphatic heterocycles. The second-order valence-corrected chi connectivity index (χ2v) is 5.08. The van der Waals surface area contributed by atoms with E-state index in [0.717, 1.165) is 0 Å². The first-order valence-corrected chi connectivity index (χ1v) is 6.21. The van der Waals surface area contributed by atoms with Gasteiger partial charge in [-0.15, -0.1) is 0 Å². The van der Waals surface area contributed by atoms with E-state index in [1.165, 1.54) is 0 Å². The Kier molecular flexibility index (Phi) is 5.13. The van der Waals surface area contributed by atoms with E-state index in [0.29, 0.717) is 30.0 Å². The van der Waals surface area contributed by atoms with Crippen LogP contribution < -0.4 is 5.32 Å². The van der Waals surface area contributed by atoms with Gasteiger partial charge in [-0.3, -0.25) is 9.78 Å². The van der Waals surface area contributed by atoms with Gasteiger partial charge in [-0.2, -0.15) is 0 Å². The highest BCUT2D eigenvalue weighted by molar-refractivity contribution is 5.92. The van der Waals surface area contributed by atoms with Gasteiger partial charge in [-0.1, -0.05) is 33.8 Å². The molecule has 0 unspecified atom stereocenters. The summed E-state index contributed by atoms with van der Waals surface area (Å²) in [5, 5.41) is 2.96. The van der Waals surface area contributed by atoms with E-state index in [2.05, 4.69) is 38.0 Å². The van der Waals surface area contributed by atoms with Crippen LogP contribution in [-0.4, -0.2) is 17.4 Å². The van der Waals surface area contributed by atoms with Crippen molar-refractivity contribution in [1.29, 1.82) is 0 Å². The molecule has 94 valence electrons. The molecule has 0 atom stereocenters. The third-order valence-corrected chi connectivity index (χ3v) is 3.11. The molecular formula is C14H22N2O. The molecule has 1 heterocycles. The van der Waals surface area contributed by atoms with Crippen LogP contribution >= 0.6 is 0 Å². The normalized spacial score (nSPS) is 11.2. The van der Waals surface area contributed by atoms with E-state index in [9.17, 15) is 4.79 Å². The summed E-state index contributed by atoms with van der Waals surface area (Å²) in [5.41, 5.74) is 0.485. The predicted octanol–water partition coefficient (Wildman–Crippen LogP) is 2.74. The Labute approximate surface area is 104 Å². The van der Waals surface area contributed by atoms with Crippen LogP contribution in [0.15, 0.2) is 24.4 Å². The maximum absolute atomic E-state index is 11.8. The largest absolute Gasteiger partial charge is 0.350 e. The van der Waals surface area contributed by atoms with Crippen LogP contribution in [0.3, 0.4) is 0 Å². The molecule has 1 aromatic heterocycles. The topological polar surface area (TPSA) is 42.0 Å². The number of hydrogen-bond donors (Lipinski definition) is 1. The Hall–Kier alpha value is -1.38. The summed E-state index contributed by atoms with van der Waals surface area (Å²) >= 11 is 0. The van der Waals surface area contributed by atoms with Gasteiger partial charge in [0.1, 0.15) is 5.69 Å². The van der Waals surface area contributed by atoms with Gasteiger partial charge in [-0.05, 0) is 29.9 Å². The quantitative estimate of drug-likeness (QED) is 0.851. The first-order chi connectivity index (χ1) is 8.02. The van der Waals surface area contributed by atoms with Crippen molar-refractivity contribution in [3.63, 3.8) is 0 Å². The number of pyridine rings is 1. The fraction of sp³-hybridized carbons (Fsp3) is 0.571. The number of amides is 1. The van der Waals surface area contributed by atoms with Crippen molar-refractivity contribution in [2.45, 2.75) is 27.7 Å². The summed E-state index contributed by atoms with van der Waals surface area (Å²) in [6.07, 6.45) is 1.64. The molecule has 17 heavy (non-hydrogen) atoms. The Bertz CT molecular complexity index is 338. The fourth-order valence-corrected chi connectivity index (χ4v) is 2.04. The number of carbonyl (C=O) groups is 1. The zero-order valence-electron chi connectivity index (χ0n) is 11.1. The van der Waals surface area contributed by atoms with Gasteiger partial charge in [0.25, 0.3) is 5.91 Å². The molecule has 0 aliphatic rings. The van der Waals surface area contributed by atoms with Crippen LogP contribution in [0.4, 0.5) is 0 Å². The van der Waals surface area contributed by atoms with Gasteiger partial charge in [0.15, 0.2) is 0 Å². The summed E-state index contributed by atoms with van der Waals surface area (Å²) in [5.74, 6) is 1.55. The van der Waals surface area contributed by atoms with E-state index in [4.69, 9.17) is 0 Å². The molecule has 3 heteroatoms. The lowest BCUT2D eigenvalue weighted by molar-refractivity contribution is 0.0932. The van der Waals surface area contributed by atoms with Crippen LogP contribution in [-0.2, 0) is 0 Å². The minimum Gasteiger partial charge on any atom is -0.350 e. The Morgan fingerprint density at radius 3 is 2.35 bits per heavy atom. The molecule has 0 radical (unpaired) electrons. The van der Waals surface area contributed by atoms with Crippen molar-refractivity contribution in [3.8, 4) is 0 Å². The highest BCUT2D eigenvalue weighted by Gasteiger charge is 2.18. The molecule has 1 rings (SSSR count). The Morgan fingerprint density at radius 1 is 1.24 bits per heavy atom. The second kappa shape index (κ2) is 6.38. The maximum Gasteiger partial charge on any atom is 0.269 e.